The summed E-state index contributed by atoms with van der Waals surface area (Å²) in [7, 11) is 0. The fourth-order valence-corrected chi connectivity index (χ4v) is 4.08. The number of nitrogens with zero attached hydrogens (tertiary/aromatic N) is 2. The zero-order valence-corrected chi connectivity index (χ0v) is 16.0. The average Bonchev–Trinajstić information content (AvgIpc) is 3.18. The van der Waals surface area contributed by atoms with Gasteiger partial charge in [-0.05, 0) is 80.5 Å². The Labute approximate surface area is 159 Å². The van der Waals surface area contributed by atoms with E-state index in [1.807, 2.05) is 24.4 Å². The molecule has 2 aromatic heterocycles. The van der Waals surface area contributed by atoms with Gasteiger partial charge >= 0.3 is 0 Å². The molecule has 3 aromatic rings. The van der Waals surface area contributed by atoms with E-state index in [2.05, 4.69) is 71.3 Å². The molecule has 1 aliphatic rings. The fourth-order valence-electron chi connectivity index (χ4n) is 3.74. The van der Waals surface area contributed by atoms with Gasteiger partial charge in [-0.2, -0.15) is 0 Å². The third-order valence-corrected chi connectivity index (χ3v) is 5.07. The molecule has 2 unspecified atom stereocenters. The molecule has 132 valence electrons. The van der Waals surface area contributed by atoms with Gasteiger partial charge in [0.1, 0.15) is 6.04 Å². The van der Waals surface area contributed by atoms with Crippen molar-refractivity contribution in [3.05, 3.63) is 82.9 Å². The predicted octanol–water partition coefficient (Wildman–Crippen LogP) is 4.51. The lowest BCUT2D eigenvalue weighted by atomic mass is 10.0. The number of hydrogen-bond donors (Lipinski definition) is 2. The molecule has 2 N–H and O–H groups in total. The van der Waals surface area contributed by atoms with Crippen LogP contribution in [-0.2, 0) is 0 Å². The molecule has 26 heavy (non-hydrogen) atoms. The average molecular weight is 363 g/mol. The van der Waals surface area contributed by atoms with Crippen molar-refractivity contribution in [2.45, 2.75) is 32.9 Å². The monoisotopic (exact) mass is 362 g/mol. The van der Waals surface area contributed by atoms with Gasteiger partial charge in [0.2, 0.25) is 0 Å². The van der Waals surface area contributed by atoms with Crippen LogP contribution in [0.2, 0.25) is 0 Å². The zero-order chi connectivity index (χ0) is 18.3. The summed E-state index contributed by atoms with van der Waals surface area (Å²) in [6.45, 7) is 6.31. The van der Waals surface area contributed by atoms with Crippen LogP contribution in [0, 0.1) is 20.8 Å². The number of rotatable bonds is 3. The second-order valence-electron chi connectivity index (χ2n) is 6.94. The normalized spacial score (nSPS) is 19.7. The van der Waals surface area contributed by atoms with E-state index in [-0.39, 0.29) is 12.1 Å². The third kappa shape index (κ3) is 2.99. The first-order valence-electron chi connectivity index (χ1n) is 8.77. The molecule has 1 aliphatic heterocycles. The molecule has 4 nitrogen and oxygen atoms in total. The molecular weight excluding hydrogens is 340 g/mol. The van der Waals surface area contributed by atoms with Crippen LogP contribution in [0.3, 0.4) is 0 Å². The van der Waals surface area contributed by atoms with Crippen molar-refractivity contribution < 1.29 is 0 Å². The maximum atomic E-state index is 5.74. The van der Waals surface area contributed by atoms with Crippen LogP contribution >= 0.6 is 12.2 Å². The number of benzene rings is 1. The highest BCUT2D eigenvalue weighted by Gasteiger charge is 2.41. The highest BCUT2D eigenvalue weighted by Crippen LogP contribution is 2.41. The zero-order valence-electron chi connectivity index (χ0n) is 15.2. The molecule has 0 aliphatic carbocycles. The van der Waals surface area contributed by atoms with E-state index in [4.69, 9.17) is 12.2 Å². The summed E-state index contributed by atoms with van der Waals surface area (Å²) >= 11 is 5.74. The summed E-state index contributed by atoms with van der Waals surface area (Å²) in [5, 5.41) is 4.22. The Hall–Kier alpha value is -2.66. The molecule has 3 heterocycles. The molecule has 1 aromatic carbocycles. The van der Waals surface area contributed by atoms with Gasteiger partial charge in [0.15, 0.2) is 5.11 Å². The van der Waals surface area contributed by atoms with Gasteiger partial charge in [-0.25, -0.2) is 0 Å². The first-order valence-corrected chi connectivity index (χ1v) is 9.18. The third-order valence-electron chi connectivity index (χ3n) is 4.76. The molecule has 0 amide bonds. The number of pyridine rings is 1. The highest BCUT2D eigenvalue weighted by atomic mass is 32.1. The maximum absolute atomic E-state index is 5.74. The van der Waals surface area contributed by atoms with Gasteiger partial charge in [0.05, 0.1) is 11.7 Å². The Morgan fingerprint density at radius 1 is 1.00 bits per heavy atom. The molecule has 0 spiro atoms. The summed E-state index contributed by atoms with van der Waals surface area (Å²) in [5.74, 6) is 0. The van der Waals surface area contributed by atoms with Gasteiger partial charge in [-0.15, -0.1) is 0 Å². The number of anilines is 1. The van der Waals surface area contributed by atoms with E-state index < -0.39 is 0 Å². The van der Waals surface area contributed by atoms with Crippen molar-refractivity contribution in [2.75, 3.05) is 4.90 Å². The van der Waals surface area contributed by atoms with E-state index in [0.717, 1.165) is 27.9 Å². The van der Waals surface area contributed by atoms with E-state index in [0.29, 0.717) is 0 Å². The molecular formula is C21H22N4S. The summed E-state index contributed by atoms with van der Waals surface area (Å²) in [6.07, 6.45) is 1.83. The molecule has 2 atom stereocenters. The van der Waals surface area contributed by atoms with Crippen molar-refractivity contribution in [1.29, 1.82) is 0 Å². The predicted molar refractivity (Wildman–Crippen MR) is 109 cm³/mol. The Kier molecular flexibility index (Phi) is 4.24. The first kappa shape index (κ1) is 16.8. The van der Waals surface area contributed by atoms with Crippen molar-refractivity contribution in [2.24, 2.45) is 0 Å². The van der Waals surface area contributed by atoms with Crippen LogP contribution in [0.1, 0.15) is 40.3 Å². The Morgan fingerprint density at radius 3 is 2.38 bits per heavy atom. The highest BCUT2D eigenvalue weighted by molar-refractivity contribution is 7.80. The second kappa shape index (κ2) is 6.57. The molecule has 4 rings (SSSR count). The number of aromatic amines is 1. The van der Waals surface area contributed by atoms with Crippen LogP contribution in [0.4, 0.5) is 5.69 Å². The molecule has 1 fully saturated rings. The van der Waals surface area contributed by atoms with Crippen LogP contribution in [-0.4, -0.2) is 15.1 Å². The van der Waals surface area contributed by atoms with E-state index in [1.54, 1.807) is 0 Å². The Bertz CT molecular complexity index is 927. The standard InChI is InChI=1S/C21H22N4S/c1-13-10-14(2)12-16(11-13)25-20(18-8-7-15(3)23-18)19(24-21(25)26)17-6-4-5-9-22-17/h4-12,19-20,23H,1-3H3,(H,24,26). The second-order valence-corrected chi connectivity index (χ2v) is 7.33. The number of H-pyrrole nitrogens is 1. The van der Waals surface area contributed by atoms with E-state index in [9.17, 15) is 0 Å². The molecule has 1 saturated heterocycles. The van der Waals surface area contributed by atoms with Gasteiger partial charge in [0.25, 0.3) is 0 Å². The van der Waals surface area contributed by atoms with Crippen LogP contribution in [0.15, 0.2) is 54.7 Å². The fraction of sp³-hybridized carbons (Fsp3) is 0.238. The lowest BCUT2D eigenvalue weighted by molar-refractivity contribution is 0.558. The number of nitrogens with one attached hydrogen (secondary N) is 2. The molecule has 0 bridgehead atoms. The number of hydrogen-bond acceptors (Lipinski definition) is 2. The van der Waals surface area contributed by atoms with Crippen LogP contribution in [0.5, 0.6) is 0 Å². The van der Waals surface area contributed by atoms with E-state index >= 15 is 0 Å². The molecule has 0 radical (unpaired) electrons. The Balaban J connectivity index is 1.85. The minimum Gasteiger partial charge on any atom is -0.361 e. The van der Waals surface area contributed by atoms with Gasteiger partial charge < -0.3 is 15.2 Å². The number of thiocarbonyl (C=S) groups is 1. The van der Waals surface area contributed by atoms with Crippen molar-refractivity contribution in [3.63, 3.8) is 0 Å². The van der Waals surface area contributed by atoms with Gasteiger partial charge in [-0.1, -0.05) is 12.1 Å². The van der Waals surface area contributed by atoms with Crippen molar-refractivity contribution in [3.8, 4) is 0 Å². The molecule has 0 saturated carbocycles. The lowest BCUT2D eigenvalue weighted by Gasteiger charge is -2.27. The summed E-state index contributed by atoms with van der Waals surface area (Å²) < 4.78 is 0. The lowest BCUT2D eigenvalue weighted by Crippen LogP contribution is -2.29. The quantitative estimate of drug-likeness (QED) is 0.673. The van der Waals surface area contributed by atoms with E-state index in [1.165, 1.54) is 11.1 Å². The Morgan fingerprint density at radius 2 is 1.77 bits per heavy atom. The minimum absolute atomic E-state index is 0.0115. The smallest absolute Gasteiger partial charge is 0.174 e. The number of aromatic nitrogens is 2. The topological polar surface area (TPSA) is 44.0 Å². The first-order chi connectivity index (χ1) is 12.5. The van der Waals surface area contributed by atoms with Gasteiger partial charge in [0, 0.05) is 23.3 Å². The SMILES string of the molecule is Cc1cc(C)cc(N2C(=S)NC(c3ccccn3)C2c2ccc(C)[nH]2)c1. The minimum atomic E-state index is -0.0115. The maximum Gasteiger partial charge on any atom is 0.174 e. The molecule has 5 heteroatoms. The van der Waals surface area contributed by atoms with Gasteiger partial charge in [-0.3, -0.25) is 4.98 Å². The summed E-state index contributed by atoms with van der Waals surface area (Å²) in [6, 6.07) is 16.8. The van der Waals surface area contributed by atoms with Crippen LogP contribution < -0.4 is 10.2 Å². The van der Waals surface area contributed by atoms with Crippen molar-refractivity contribution >= 4 is 23.0 Å². The summed E-state index contributed by atoms with van der Waals surface area (Å²) in [4.78, 5) is 10.3. The number of aryl methyl sites for hydroxylation is 3. The van der Waals surface area contributed by atoms with Crippen LogP contribution in [0.25, 0.3) is 0 Å². The van der Waals surface area contributed by atoms with Crippen molar-refractivity contribution in [1.82, 2.24) is 15.3 Å². The largest absolute Gasteiger partial charge is 0.361 e. The summed E-state index contributed by atoms with van der Waals surface area (Å²) in [5.41, 5.74) is 6.81.